The first kappa shape index (κ1) is 13.3. The summed E-state index contributed by atoms with van der Waals surface area (Å²) in [5, 5.41) is 4.42. The molecule has 0 amide bonds. The molecule has 1 atom stereocenters. The molecule has 0 saturated carbocycles. The largest absolute Gasteiger partial charge is 0.495 e. The van der Waals surface area contributed by atoms with Crippen molar-refractivity contribution in [1.29, 1.82) is 0 Å². The molecule has 3 heteroatoms. The maximum atomic E-state index is 6.63. The summed E-state index contributed by atoms with van der Waals surface area (Å²) in [5.74, 6) is 0.904. The average molecular weight is 280 g/mol. The van der Waals surface area contributed by atoms with E-state index in [9.17, 15) is 0 Å². The number of hydrogen-bond donors (Lipinski definition) is 1. The van der Waals surface area contributed by atoms with Gasteiger partial charge in [-0.25, -0.2) is 0 Å². The molecule has 2 aliphatic rings. The lowest BCUT2D eigenvalue weighted by Gasteiger charge is -2.20. The molecule has 1 aromatic carbocycles. The maximum absolute atomic E-state index is 6.63. The number of hydrogen-bond acceptors (Lipinski definition) is 2. The zero-order chi connectivity index (χ0) is 13.2. The standard InChI is InChI=1S/C16H22ClNO/c1-19-16-13(14-8-5-9-18-14)10-11-6-3-2-4-7-12(11)15(16)17/h10,14,18H,2-9H2,1H3. The van der Waals surface area contributed by atoms with Crippen molar-refractivity contribution in [2.45, 2.75) is 51.0 Å². The van der Waals surface area contributed by atoms with Gasteiger partial charge in [0.25, 0.3) is 0 Å². The van der Waals surface area contributed by atoms with Crippen LogP contribution in [0.15, 0.2) is 6.07 Å². The second-order valence-corrected chi connectivity index (χ2v) is 6.04. The van der Waals surface area contributed by atoms with Gasteiger partial charge < -0.3 is 10.1 Å². The smallest absolute Gasteiger partial charge is 0.142 e. The first-order valence-corrected chi connectivity index (χ1v) is 7.80. The molecule has 1 aliphatic heterocycles. The molecule has 0 aromatic heterocycles. The van der Waals surface area contributed by atoms with Crippen LogP contribution < -0.4 is 10.1 Å². The zero-order valence-electron chi connectivity index (χ0n) is 11.6. The molecule has 0 bridgehead atoms. The molecule has 0 radical (unpaired) electrons. The Hall–Kier alpha value is -0.730. The van der Waals surface area contributed by atoms with Gasteiger partial charge in [0.1, 0.15) is 5.75 Å². The van der Waals surface area contributed by atoms with Crippen LogP contribution in [-0.2, 0) is 12.8 Å². The molecule has 1 N–H and O–H groups in total. The average Bonchev–Trinajstić information content (AvgIpc) is 2.84. The highest BCUT2D eigenvalue weighted by atomic mass is 35.5. The number of rotatable bonds is 2. The molecule has 2 nitrogen and oxygen atoms in total. The first-order chi connectivity index (χ1) is 9.31. The molecular formula is C16H22ClNO. The first-order valence-electron chi connectivity index (χ1n) is 7.42. The fourth-order valence-electron chi connectivity index (χ4n) is 3.45. The Morgan fingerprint density at radius 1 is 1.21 bits per heavy atom. The third-order valence-corrected chi connectivity index (χ3v) is 4.86. The number of benzene rings is 1. The van der Waals surface area contributed by atoms with E-state index in [1.165, 1.54) is 55.2 Å². The lowest BCUT2D eigenvalue weighted by molar-refractivity contribution is 0.403. The van der Waals surface area contributed by atoms with Crippen molar-refractivity contribution < 1.29 is 4.74 Å². The molecule has 1 unspecified atom stereocenters. The van der Waals surface area contributed by atoms with Crippen molar-refractivity contribution in [3.63, 3.8) is 0 Å². The third-order valence-electron chi connectivity index (χ3n) is 4.46. The van der Waals surface area contributed by atoms with Gasteiger partial charge in [-0.15, -0.1) is 0 Å². The predicted octanol–water partition coefficient (Wildman–Crippen LogP) is 4.04. The Morgan fingerprint density at radius 3 is 2.79 bits per heavy atom. The van der Waals surface area contributed by atoms with Crippen molar-refractivity contribution in [3.8, 4) is 5.75 Å². The summed E-state index contributed by atoms with van der Waals surface area (Å²) in [4.78, 5) is 0. The second-order valence-electron chi connectivity index (χ2n) is 5.66. The Balaban J connectivity index is 2.08. The van der Waals surface area contributed by atoms with Crippen molar-refractivity contribution in [3.05, 3.63) is 27.8 Å². The monoisotopic (exact) mass is 279 g/mol. The van der Waals surface area contributed by atoms with E-state index < -0.39 is 0 Å². The van der Waals surface area contributed by atoms with Crippen LogP contribution in [0.1, 0.15) is 54.8 Å². The van der Waals surface area contributed by atoms with E-state index in [2.05, 4.69) is 11.4 Å². The van der Waals surface area contributed by atoms with Gasteiger partial charge in [0.2, 0.25) is 0 Å². The van der Waals surface area contributed by atoms with Gasteiger partial charge in [0, 0.05) is 11.6 Å². The molecule has 104 valence electrons. The Labute approximate surface area is 120 Å². The summed E-state index contributed by atoms with van der Waals surface area (Å²) in [6.45, 7) is 1.10. The van der Waals surface area contributed by atoms with Gasteiger partial charge in [-0.2, -0.15) is 0 Å². The van der Waals surface area contributed by atoms with Crippen molar-refractivity contribution in [2.24, 2.45) is 0 Å². The maximum Gasteiger partial charge on any atom is 0.142 e. The van der Waals surface area contributed by atoms with Crippen LogP contribution in [0.3, 0.4) is 0 Å². The molecule has 1 fully saturated rings. The molecule has 1 saturated heterocycles. The summed E-state index contributed by atoms with van der Waals surface area (Å²) < 4.78 is 5.62. The minimum atomic E-state index is 0.418. The van der Waals surface area contributed by atoms with Crippen molar-refractivity contribution in [2.75, 3.05) is 13.7 Å². The van der Waals surface area contributed by atoms with Crippen molar-refractivity contribution in [1.82, 2.24) is 5.32 Å². The van der Waals surface area contributed by atoms with E-state index in [0.717, 1.165) is 23.7 Å². The quantitative estimate of drug-likeness (QED) is 0.825. The second kappa shape index (κ2) is 5.72. The summed E-state index contributed by atoms with van der Waals surface area (Å²) in [6.07, 6.45) is 8.53. The van der Waals surface area contributed by atoms with Crippen LogP contribution in [0.4, 0.5) is 0 Å². The Kier molecular flexibility index (Phi) is 3.99. The highest BCUT2D eigenvalue weighted by Crippen LogP contribution is 2.41. The Morgan fingerprint density at radius 2 is 2.05 bits per heavy atom. The molecule has 0 spiro atoms. The van der Waals surface area contributed by atoms with E-state index in [4.69, 9.17) is 16.3 Å². The predicted molar refractivity (Wildman–Crippen MR) is 79.2 cm³/mol. The lowest BCUT2D eigenvalue weighted by atomic mass is 9.95. The number of nitrogens with one attached hydrogen (secondary N) is 1. The number of ether oxygens (including phenoxy) is 1. The molecule has 19 heavy (non-hydrogen) atoms. The topological polar surface area (TPSA) is 21.3 Å². The highest BCUT2D eigenvalue weighted by molar-refractivity contribution is 6.33. The van der Waals surface area contributed by atoms with Crippen molar-refractivity contribution >= 4 is 11.6 Å². The summed E-state index contributed by atoms with van der Waals surface area (Å²) >= 11 is 6.63. The van der Waals surface area contributed by atoms with Crippen LogP contribution in [0.5, 0.6) is 5.75 Å². The fraction of sp³-hybridized carbons (Fsp3) is 0.625. The Bertz CT molecular complexity index is 466. The minimum absolute atomic E-state index is 0.418. The minimum Gasteiger partial charge on any atom is -0.495 e. The van der Waals surface area contributed by atoms with Gasteiger partial charge in [-0.05, 0) is 56.2 Å². The number of fused-ring (bicyclic) bond motifs is 1. The number of aryl methyl sites for hydroxylation is 1. The molecule has 3 rings (SSSR count). The third kappa shape index (κ3) is 2.48. The van der Waals surface area contributed by atoms with E-state index in [1.807, 2.05) is 0 Å². The van der Waals surface area contributed by atoms with Gasteiger partial charge in [0.05, 0.1) is 12.1 Å². The molecule has 1 heterocycles. The number of halogens is 1. The molecular weight excluding hydrogens is 258 g/mol. The number of methoxy groups -OCH3 is 1. The SMILES string of the molecule is COc1c(C2CCCN2)cc2c(c1Cl)CCCCC2. The van der Waals surface area contributed by atoms with E-state index in [1.54, 1.807) is 7.11 Å². The van der Waals surface area contributed by atoms with E-state index >= 15 is 0 Å². The van der Waals surface area contributed by atoms with Gasteiger partial charge in [-0.3, -0.25) is 0 Å². The summed E-state index contributed by atoms with van der Waals surface area (Å²) in [5.41, 5.74) is 4.05. The molecule has 1 aliphatic carbocycles. The highest BCUT2D eigenvalue weighted by Gasteiger charge is 2.25. The van der Waals surface area contributed by atoms with Crippen LogP contribution in [0, 0.1) is 0 Å². The van der Waals surface area contributed by atoms with Crippen LogP contribution in [0.25, 0.3) is 0 Å². The van der Waals surface area contributed by atoms with Crippen LogP contribution in [-0.4, -0.2) is 13.7 Å². The zero-order valence-corrected chi connectivity index (χ0v) is 12.4. The summed E-state index contributed by atoms with van der Waals surface area (Å²) in [7, 11) is 1.74. The van der Waals surface area contributed by atoms with Crippen LogP contribution in [0.2, 0.25) is 5.02 Å². The molecule has 1 aromatic rings. The summed E-state index contributed by atoms with van der Waals surface area (Å²) in [6, 6.07) is 2.77. The van der Waals surface area contributed by atoms with Gasteiger partial charge in [0.15, 0.2) is 0 Å². The van der Waals surface area contributed by atoms with Gasteiger partial charge in [-0.1, -0.05) is 24.1 Å². The van der Waals surface area contributed by atoms with E-state index in [0.29, 0.717) is 6.04 Å². The van der Waals surface area contributed by atoms with Crippen LogP contribution >= 0.6 is 11.6 Å². The lowest BCUT2D eigenvalue weighted by Crippen LogP contribution is -2.15. The van der Waals surface area contributed by atoms with E-state index in [-0.39, 0.29) is 0 Å². The van der Waals surface area contributed by atoms with Gasteiger partial charge >= 0.3 is 0 Å². The fourth-order valence-corrected chi connectivity index (χ4v) is 3.85. The normalized spacial score (nSPS) is 22.9.